The fourth-order valence-corrected chi connectivity index (χ4v) is 5.30. The molecule has 0 saturated carbocycles. The van der Waals surface area contributed by atoms with Crippen LogP contribution in [0.25, 0.3) is 55.7 Å². The van der Waals surface area contributed by atoms with Crippen LogP contribution in [0.5, 0.6) is 5.75 Å². The standard InChI is InChI=1S/C30H26FN7O/c31-21-13-20(14-22(15-21)39-12-11-38-9-1-2-10-38)29-23-17-27(35-25(23)5-8-33-29)30-24-16-26(19-3-6-32-7-4-19)34-18-28(24)36-37-30/h3-8,13-18,35H,1-2,9-12H2,(H,36,37). The average molecular weight is 520 g/mol. The number of halogens is 1. The average Bonchev–Trinajstić information content (AvgIpc) is 3.72. The Morgan fingerprint density at radius 1 is 0.846 bits per heavy atom. The molecule has 1 aliphatic rings. The minimum absolute atomic E-state index is 0.354. The first-order valence-electron chi connectivity index (χ1n) is 13.1. The van der Waals surface area contributed by atoms with Crippen molar-refractivity contribution >= 4 is 21.8 Å². The molecule has 0 spiro atoms. The maximum atomic E-state index is 14.7. The first kappa shape index (κ1) is 23.5. The van der Waals surface area contributed by atoms with Crippen LogP contribution in [0.2, 0.25) is 0 Å². The second kappa shape index (κ2) is 9.92. The number of likely N-dealkylation sites (tertiary alicyclic amines) is 1. The molecule has 9 heteroatoms. The number of nitrogens with zero attached hydrogens (tertiary/aromatic N) is 5. The molecule has 6 aromatic rings. The highest BCUT2D eigenvalue weighted by atomic mass is 19.1. The quantitative estimate of drug-likeness (QED) is 0.275. The third-order valence-electron chi connectivity index (χ3n) is 7.25. The van der Waals surface area contributed by atoms with Crippen molar-refractivity contribution in [3.8, 4) is 39.7 Å². The van der Waals surface area contributed by atoms with E-state index in [2.05, 4.69) is 35.0 Å². The molecule has 1 aliphatic heterocycles. The van der Waals surface area contributed by atoms with E-state index in [1.54, 1.807) is 24.8 Å². The van der Waals surface area contributed by atoms with Gasteiger partial charge in [0.25, 0.3) is 0 Å². The van der Waals surface area contributed by atoms with Crippen LogP contribution >= 0.6 is 0 Å². The molecule has 194 valence electrons. The second-order valence-corrected chi connectivity index (χ2v) is 9.80. The van der Waals surface area contributed by atoms with Crippen molar-refractivity contribution in [3.63, 3.8) is 0 Å². The van der Waals surface area contributed by atoms with Crippen molar-refractivity contribution in [1.29, 1.82) is 0 Å². The molecule has 1 fully saturated rings. The van der Waals surface area contributed by atoms with Gasteiger partial charge in [0.15, 0.2) is 0 Å². The van der Waals surface area contributed by atoms with Crippen molar-refractivity contribution < 1.29 is 9.13 Å². The molecule has 6 heterocycles. The molecule has 2 N–H and O–H groups in total. The Morgan fingerprint density at radius 2 is 1.69 bits per heavy atom. The van der Waals surface area contributed by atoms with Crippen LogP contribution in [0.4, 0.5) is 4.39 Å². The Labute approximate surface area is 223 Å². The lowest BCUT2D eigenvalue weighted by molar-refractivity contribution is 0.237. The van der Waals surface area contributed by atoms with Crippen LogP contribution in [-0.4, -0.2) is 61.3 Å². The van der Waals surface area contributed by atoms with Crippen LogP contribution in [-0.2, 0) is 0 Å². The highest BCUT2D eigenvalue weighted by Crippen LogP contribution is 2.35. The van der Waals surface area contributed by atoms with Gasteiger partial charge in [-0.15, -0.1) is 0 Å². The van der Waals surface area contributed by atoms with Gasteiger partial charge in [-0.3, -0.25) is 25.0 Å². The molecule has 7 rings (SSSR count). The summed E-state index contributed by atoms with van der Waals surface area (Å²) in [6, 6.07) is 14.6. The number of hydrogen-bond acceptors (Lipinski definition) is 6. The third kappa shape index (κ3) is 4.61. The molecular weight excluding hydrogens is 493 g/mol. The Morgan fingerprint density at radius 3 is 2.56 bits per heavy atom. The number of ether oxygens (including phenoxy) is 1. The highest BCUT2D eigenvalue weighted by Gasteiger charge is 2.17. The number of H-pyrrole nitrogens is 2. The molecule has 5 aromatic heterocycles. The predicted molar refractivity (Wildman–Crippen MR) is 149 cm³/mol. The van der Waals surface area contributed by atoms with E-state index in [1.165, 1.54) is 25.0 Å². The van der Waals surface area contributed by atoms with Crippen molar-refractivity contribution in [2.45, 2.75) is 12.8 Å². The largest absolute Gasteiger partial charge is 0.492 e. The van der Waals surface area contributed by atoms with E-state index in [0.717, 1.165) is 64.1 Å². The number of fused-ring (bicyclic) bond motifs is 2. The van der Waals surface area contributed by atoms with E-state index < -0.39 is 0 Å². The SMILES string of the molecule is Fc1cc(OCCN2CCCC2)cc(-c2nccc3[nH]c(-c4n[nH]c5cnc(-c6ccncc6)cc45)cc23)c1. The van der Waals surface area contributed by atoms with Crippen LogP contribution in [0.3, 0.4) is 0 Å². The van der Waals surface area contributed by atoms with Crippen molar-refractivity contribution in [3.05, 3.63) is 79.1 Å². The van der Waals surface area contributed by atoms with E-state index in [0.29, 0.717) is 23.6 Å². The number of hydrogen-bond donors (Lipinski definition) is 2. The van der Waals surface area contributed by atoms with Gasteiger partial charge in [0.1, 0.15) is 23.9 Å². The van der Waals surface area contributed by atoms with Crippen molar-refractivity contribution in [2.75, 3.05) is 26.2 Å². The summed E-state index contributed by atoms with van der Waals surface area (Å²) in [4.78, 5) is 19.1. The number of aromatic nitrogens is 6. The summed E-state index contributed by atoms with van der Waals surface area (Å²) in [6.45, 7) is 3.58. The molecule has 0 amide bonds. The summed E-state index contributed by atoms with van der Waals surface area (Å²) in [7, 11) is 0. The van der Waals surface area contributed by atoms with E-state index >= 15 is 0 Å². The van der Waals surface area contributed by atoms with Gasteiger partial charge in [0.05, 0.1) is 28.8 Å². The number of rotatable bonds is 7. The zero-order valence-electron chi connectivity index (χ0n) is 21.2. The smallest absolute Gasteiger partial charge is 0.127 e. The Bertz CT molecular complexity index is 1770. The van der Waals surface area contributed by atoms with Gasteiger partial charge in [-0.05, 0) is 68.4 Å². The molecule has 0 atom stereocenters. The molecule has 0 aliphatic carbocycles. The first-order chi connectivity index (χ1) is 19.2. The zero-order chi connectivity index (χ0) is 26.2. The molecule has 0 unspecified atom stereocenters. The minimum atomic E-state index is -0.354. The third-order valence-corrected chi connectivity index (χ3v) is 7.25. The first-order valence-corrected chi connectivity index (χ1v) is 13.1. The van der Waals surface area contributed by atoms with Crippen LogP contribution in [0.15, 0.2) is 73.3 Å². The van der Waals surface area contributed by atoms with Gasteiger partial charge in [-0.2, -0.15) is 5.10 Å². The maximum Gasteiger partial charge on any atom is 0.127 e. The minimum Gasteiger partial charge on any atom is -0.492 e. The molecule has 0 radical (unpaired) electrons. The van der Waals surface area contributed by atoms with E-state index in [4.69, 9.17) is 4.74 Å². The highest BCUT2D eigenvalue weighted by molar-refractivity contribution is 6.00. The van der Waals surface area contributed by atoms with E-state index in [-0.39, 0.29) is 5.82 Å². The van der Waals surface area contributed by atoms with Gasteiger partial charge in [0.2, 0.25) is 0 Å². The number of pyridine rings is 3. The number of benzene rings is 1. The van der Waals surface area contributed by atoms with Gasteiger partial charge >= 0.3 is 0 Å². The summed E-state index contributed by atoms with van der Waals surface area (Å²) in [5, 5.41) is 9.48. The summed E-state index contributed by atoms with van der Waals surface area (Å²) in [6.07, 6.45) is 9.48. The fraction of sp³-hybridized carbons (Fsp3) is 0.200. The summed E-state index contributed by atoms with van der Waals surface area (Å²) in [5.74, 6) is 0.154. The van der Waals surface area contributed by atoms with Crippen molar-refractivity contribution in [1.82, 2.24) is 35.0 Å². The summed E-state index contributed by atoms with van der Waals surface area (Å²) < 4.78 is 20.6. The van der Waals surface area contributed by atoms with Crippen LogP contribution in [0.1, 0.15) is 12.8 Å². The zero-order valence-corrected chi connectivity index (χ0v) is 21.2. The van der Waals surface area contributed by atoms with Crippen LogP contribution in [0, 0.1) is 5.82 Å². The lowest BCUT2D eigenvalue weighted by atomic mass is 10.1. The molecule has 1 saturated heterocycles. The van der Waals surface area contributed by atoms with E-state index in [1.807, 2.05) is 36.4 Å². The van der Waals surface area contributed by atoms with Crippen molar-refractivity contribution in [2.24, 2.45) is 0 Å². The Kier molecular flexibility index (Phi) is 5.97. The molecule has 1 aromatic carbocycles. The van der Waals surface area contributed by atoms with Gasteiger partial charge in [0, 0.05) is 58.6 Å². The maximum absolute atomic E-state index is 14.7. The normalized spacial score (nSPS) is 14.0. The monoisotopic (exact) mass is 519 g/mol. The molecule has 39 heavy (non-hydrogen) atoms. The Hall–Kier alpha value is -4.63. The lowest BCUT2D eigenvalue weighted by Crippen LogP contribution is -2.25. The number of nitrogens with one attached hydrogen (secondary N) is 2. The van der Waals surface area contributed by atoms with Gasteiger partial charge < -0.3 is 9.72 Å². The topological polar surface area (TPSA) is 95.6 Å². The summed E-state index contributed by atoms with van der Waals surface area (Å²) in [5.41, 5.74) is 6.48. The van der Waals surface area contributed by atoms with Gasteiger partial charge in [-0.1, -0.05) is 0 Å². The fourth-order valence-electron chi connectivity index (χ4n) is 5.30. The predicted octanol–water partition coefficient (Wildman–Crippen LogP) is 5.84. The number of aromatic amines is 2. The molecule has 0 bridgehead atoms. The second-order valence-electron chi connectivity index (χ2n) is 9.80. The molecule has 8 nitrogen and oxygen atoms in total. The molecular formula is C30H26FN7O. The summed E-state index contributed by atoms with van der Waals surface area (Å²) >= 11 is 0. The van der Waals surface area contributed by atoms with E-state index in [9.17, 15) is 4.39 Å². The lowest BCUT2D eigenvalue weighted by Gasteiger charge is -2.15. The van der Waals surface area contributed by atoms with Gasteiger partial charge in [-0.25, -0.2) is 4.39 Å². The Balaban J connectivity index is 1.23. The van der Waals surface area contributed by atoms with Crippen LogP contribution < -0.4 is 4.74 Å².